The number of amides is 2. The maximum atomic E-state index is 14.2. The molecule has 13 nitrogen and oxygen atoms in total. The van der Waals surface area contributed by atoms with Crippen LogP contribution in [0.5, 0.6) is 5.75 Å². The summed E-state index contributed by atoms with van der Waals surface area (Å²) in [6, 6.07) is 6.16. The highest BCUT2D eigenvalue weighted by Crippen LogP contribution is 2.57. The number of nitro groups is 2. The number of imide groups is 1. The van der Waals surface area contributed by atoms with E-state index in [1.54, 1.807) is 6.08 Å². The molecule has 0 radical (unpaired) electrons. The lowest BCUT2D eigenvalue weighted by atomic mass is 9.59. The molecule has 4 unspecified atom stereocenters. The van der Waals surface area contributed by atoms with Crippen LogP contribution in [0, 0.1) is 38.0 Å². The molecule has 45 heavy (non-hydrogen) atoms. The minimum Gasteiger partial charge on any atom is -0.508 e. The van der Waals surface area contributed by atoms with Crippen molar-refractivity contribution in [2.45, 2.75) is 18.8 Å². The van der Waals surface area contributed by atoms with Crippen molar-refractivity contribution in [2.24, 2.45) is 17.8 Å². The standard InChI is InChI=1S/C30H22BrClN4O9/c1-33(2)27-21(35(42)43)7-12(8-22(27)36(44)45)34-29(40)16-6-5-14-17(25(16)30(34)41)10-18-26(23(38)11-19(31)28(18)39)24(14)15-4-3-13(37)9-20(15)32/h3-5,7-9,11,16-17,24-25,37H,6,10H2,1-2H3. The molecule has 0 aromatic heterocycles. The second kappa shape index (κ2) is 10.7. The second-order valence-corrected chi connectivity index (χ2v) is 12.6. The van der Waals surface area contributed by atoms with Crippen LogP contribution in [0.15, 0.2) is 63.7 Å². The van der Waals surface area contributed by atoms with Crippen LogP contribution in [0.25, 0.3) is 0 Å². The number of rotatable bonds is 5. The van der Waals surface area contributed by atoms with Crippen LogP contribution in [-0.2, 0) is 19.2 Å². The molecular formula is C30H22BrClN4O9. The number of allylic oxidation sites excluding steroid dienone is 6. The molecule has 0 bridgehead atoms. The molecule has 15 heteroatoms. The Bertz CT molecular complexity index is 1860. The fourth-order valence-corrected chi connectivity index (χ4v) is 7.75. The van der Waals surface area contributed by atoms with Crippen LogP contribution in [-0.4, -0.2) is 52.4 Å². The number of ketones is 2. The topological polar surface area (TPSA) is 181 Å². The number of nitrogens with zero attached hydrogens (tertiary/aromatic N) is 4. The number of carbonyl (C=O) groups is 4. The molecule has 0 saturated carbocycles. The average molecular weight is 698 g/mol. The molecule has 2 aromatic carbocycles. The van der Waals surface area contributed by atoms with Gasteiger partial charge in [0.05, 0.1) is 31.9 Å². The fraction of sp³-hybridized carbons (Fsp3) is 0.267. The highest BCUT2D eigenvalue weighted by atomic mass is 79.9. The van der Waals surface area contributed by atoms with Crippen molar-refractivity contribution in [3.05, 3.63) is 94.5 Å². The molecule has 2 amide bonds. The van der Waals surface area contributed by atoms with Crippen LogP contribution in [0.3, 0.4) is 0 Å². The Kier molecular flexibility index (Phi) is 7.24. The minimum atomic E-state index is -1.04. The van der Waals surface area contributed by atoms with E-state index in [9.17, 15) is 44.5 Å². The molecule has 1 aliphatic heterocycles. The fourth-order valence-electron chi connectivity index (χ4n) is 7.02. The van der Waals surface area contributed by atoms with Gasteiger partial charge < -0.3 is 10.0 Å². The first-order valence-corrected chi connectivity index (χ1v) is 14.8. The summed E-state index contributed by atoms with van der Waals surface area (Å²) in [4.78, 5) is 79.0. The number of Topliss-reactive ketones (excluding diaryl/α,β-unsaturated/α-hetero) is 1. The number of anilines is 2. The van der Waals surface area contributed by atoms with E-state index in [4.69, 9.17) is 11.6 Å². The van der Waals surface area contributed by atoms with Crippen LogP contribution < -0.4 is 9.80 Å². The monoisotopic (exact) mass is 696 g/mol. The van der Waals surface area contributed by atoms with Gasteiger partial charge in [0.2, 0.25) is 11.8 Å². The number of hydrogen-bond donors (Lipinski definition) is 1. The summed E-state index contributed by atoms with van der Waals surface area (Å²) < 4.78 is 0.0395. The second-order valence-electron chi connectivity index (χ2n) is 11.4. The number of nitro benzene ring substituents is 2. The van der Waals surface area contributed by atoms with Crippen molar-refractivity contribution in [1.82, 2.24) is 0 Å². The third-order valence-corrected chi connectivity index (χ3v) is 9.70. The molecule has 2 aromatic rings. The van der Waals surface area contributed by atoms with E-state index < -0.39 is 68.3 Å². The zero-order valence-corrected chi connectivity index (χ0v) is 25.9. The predicted octanol–water partition coefficient (Wildman–Crippen LogP) is 4.89. The molecule has 4 aliphatic rings. The predicted molar refractivity (Wildman–Crippen MR) is 164 cm³/mol. The van der Waals surface area contributed by atoms with E-state index in [1.165, 1.54) is 43.3 Å². The number of halogens is 2. The molecule has 3 aliphatic carbocycles. The van der Waals surface area contributed by atoms with Gasteiger partial charge in [-0.2, -0.15) is 0 Å². The smallest absolute Gasteiger partial charge is 0.301 e. The quantitative estimate of drug-likeness (QED) is 0.148. The summed E-state index contributed by atoms with van der Waals surface area (Å²) in [5.41, 5.74) is -0.558. The molecule has 1 saturated heterocycles. The maximum absolute atomic E-state index is 14.2. The number of phenols is 1. The molecule has 6 rings (SSSR count). The molecule has 1 N–H and O–H groups in total. The van der Waals surface area contributed by atoms with Gasteiger partial charge in [-0.1, -0.05) is 29.3 Å². The van der Waals surface area contributed by atoms with Gasteiger partial charge in [0.25, 0.3) is 0 Å². The number of carbonyl (C=O) groups excluding carboxylic acids is 4. The first-order chi connectivity index (χ1) is 21.2. The highest BCUT2D eigenvalue weighted by Gasteiger charge is 2.57. The third kappa shape index (κ3) is 4.58. The molecule has 230 valence electrons. The van der Waals surface area contributed by atoms with Gasteiger partial charge in [-0.15, -0.1) is 0 Å². The Hall–Kier alpha value is -4.69. The Labute approximate surface area is 267 Å². The first-order valence-electron chi connectivity index (χ1n) is 13.6. The van der Waals surface area contributed by atoms with Crippen LogP contribution in [0.2, 0.25) is 5.02 Å². The van der Waals surface area contributed by atoms with E-state index in [2.05, 4.69) is 15.9 Å². The maximum Gasteiger partial charge on any atom is 0.301 e. The summed E-state index contributed by atoms with van der Waals surface area (Å²) in [6.07, 6.45) is 2.95. The highest BCUT2D eigenvalue weighted by molar-refractivity contribution is 9.12. The summed E-state index contributed by atoms with van der Waals surface area (Å²) in [6.45, 7) is 0. The third-order valence-electron chi connectivity index (χ3n) is 8.78. The average Bonchev–Trinajstić information content (AvgIpc) is 3.23. The summed E-state index contributed by atoms with van der Waals surface area (Å²) in [5, 5.41) is 34.0. The van der Waals surface area contributed by atoms with Gasteiger partial charge >= 0.3 is 11.4 Å². The minimum absolute atomic E-state index is 0.0395. The van der Waals surface area contributed by atoms with Gasteiger partial charge in [0.15, 0.2) is 17.3 Å². The van der Waals surface area contributed by atoms with Gasteiger partial charge in [-0.05, 0) is 52.4 Å². The molecule has 1 heterocycles. The van der Waals surface area contributed by atoms with Gasteiger partial charge in [-0.3, -0.25) is 39.4 Å². The largest absolute Gasteiger partial charge is 0.508 e. The zero-order chi connectivity index (χ0) is 32.6. The van der Waals surface area contributed by atoms with Crippen molar-refractivity contribution in [1.29, 1.82) is 0 Å². The zero-order valence-electron chi connectivity index (χ0n) is 23.5. The Morgan fingerprint density at radius 3 is 2.22 bits per heavy atom. The number of benzene rings is 2. The summed E-state index contributed by atoms with van der Waals surface area (Å²) in [5.74, 6) is -5.99. The summed E-state index contributed by atoms with van der Waals surface area (Å²) in [7, 11) is 2.80. The van der Waals surface area contributed by atoms with Gasteiger partial charge in [0.1, 0.15) is 5.75 Å². The first kappa shape index (κ1) is 30.3. The molecular weight excluding hydrogens is 676 g/mol. The van der Waals surface area contributed by atoms with E-state index in [0.29, 0.717) is 11.1 Å². The van der Waals surface area contributed by atoms with E-state index in [0.717, 1.165) is 17.0 Å². The van der Waals surface area contributed by atoms with Crippen molar-refractivity contribution in [3.8, 4) is 5.75 Å². The lowest BCUT2D eigenvalue weighted by molar-refractivity contribution is -0.392. The van der Waals surface area contributed by atoms with E-state index >= 15 is 0 Å². The molecule has 4 atom stereocenters. The van der Waals surface area contributed by atoms with E-state index in [1.807, 2.05) is 0 Å². The van der Waals surface area contributed by atoms with Crippen molar-refractivity contribution in [3.63, 3.8) is 0 Å². The van der Waals surface area contributed by atoms with Crippen LogP contribution in [0.4, 0.5) is 22.7 Å². The Morgan fingerprint density at radius 2 is 1.64 bits per heavy atom. The van der Waals surface area contributed by atoms with Crippen molar-refractivity contribution < 1.29 is 34.1 Å². The number of hydrogen-bond acceptors (Lipinski definition) is 10. The number of phenolic OH excluding ortho intramolecular Hbond substituents is 1. The van der Waals surface area contributed by atoms with Gasteiger partial charge in [0, 0.05) is 54.4 Å². The van der Waals surface area contributed by atoms with Crippen LogP contribution >= 0.6 is 27.5 Å². The van der Waals surface area contributed by atoms with Crippen molar-refractivity contribution >= 4 is 73.7 Å². The molecule has 1 fully saturated rings. The van der Waals surface area contributed by atoms with Gasteiger partial charge in [-0.25, -0.2) is 4.90 Å². The van der Waals surface area contributed by atoms with E-state index in [-0.39, 0.29) is 50.6 Å². The lowest BCUT2D eigenvalue weighted by Gasteiger charge is -2.42. The Balaban J connectivity index is 1.49. The van der Waals surface area contributed by atoms with Crippen LogP contribution in [0.1, 0.15) is 24.3 Å². The number of aromatic hydroxyl groups is 1. The lowest BCUT2D eigenvalue weighted by Crippen LogP contribution is -2.39. The summed E-state index contributed by atoms with van der Waals surface area (Å²) >= 11 is 9.70. The Morgan fingerprint density at radius 1 is 1.00 bits per heavy atom. The normalized spacial score (nSPS) is 24.1. The van der Waals surface area contributed by atoms with Crippen molar-refractivity contribution in [2.75, 3.05) is 23.9 Å². The SMILES string of the molecule is CN(C)c1c([N+](=O)[O-])cc(N2C(=O)C3CC=C4C(c5ccc(O)cc5Cl)C5=C(CC4C3C2=O)C(=O)C(Br)=CC5=O)cc1[N+](=O)[O-]. The molecule has 0 spiro atoms. The number of fused-ring (bicyclic) bond motifs is 3.